The number of pyridine rings is 1. The van der Waals surface area contributed by atoms with Crippen molar-refractivity contribution >= 4 is 28.3 Å². The maximum atomic E-state index is 13.7. The summed E-state index contributed by atoms with van der Waals surface area (Å²) in [4.78, 5) is 33.7. The average Bonchev–Trinajstić information content (AvgIpc) is 3.44. The first-order valence-electron chi connectivity index (χ1n) is 14.4. The van der Waals surface area contributed by atoms with Gasteiger partial charge in [0, 0.05) is 54.0 Å². The van der Waals surface area contributed by atoms with E-state index in [0.717, 1.165) is 46.3 Å². The highest BCUT2D eigenvalue weighted by molar-refractivity contribution is 6.03. The summed E-state index contributed by atoms with van der Waals surface area (Å²) >= 11 is 0. The van der Waals surface area contributed by atoms with Gasteiger partial charge in [-0.25, -0.2) is 4.98 Å². The van der Waals surface area contributed by atoms with E-state index in [9.17, 15) is 9.59 Å². The normalized spacial score (nSPS) is 16.6. The van der Waals surface area contributed by atoms with Crippen molar-refractivity contribution in [1.82, 2.24) is 19.7 Å². The molecule has 0 unspecified atom stereocenters. The second kappa shape index (κ2) is 10.3. The van der Waals surface area contributed by atoms with E-state index in [0.29, 0.717) is 43.7 Å². The van der Waals surface area contributed by atoms with Gasteiger partial charge < -0.3 is 15.0 Å². The van der Waals surface area contributed by atoms with E-state index in [1.807, 2.05) is 64.3 Å². The Morgan fingerprint density at radius 3 is 2.51 bits per heavy atom. The van der Waals surface area contributed by atoms with Gasteiger partial charge in [0.05, 0.1) is 12.6 Å². The number of hydrogen-bond acceptors (Lipinski definition) is 6. The smallest absolute Gasteiger partial charge is 0.253 e. The molecule has 3 heterocycles. The predicted octanol–water partition coefficient (Wildman–Crippen LogP) is 5.86. The molecule has 1 aliphatic carbocycles. The first kappa shape index (κ1) is 27.0. The molecule has 1 spiro atoms. The van der Waals surface area contributed by atoms with Crippen LogP contribution in [0.15, 0.2) is 60.9 Å². The Labute approximate surface area is 240 Å². The number of carbonyl (C=O) groups is 2. The zero-order valence-electron chi connectivity index (χ0n) is 24.2. The lowest BCUT2D eigenvalue weighted by atomic mass is 9.67. The van der Waals surface area contributed by atoms with Crippen LogP contribution in [0.2, 0.25) is 0 Å². The molecule has 0 atom stereocenters. The summed E-state index contributed by atoms with van der Waals surface area (Å²) < 4.78 is 7.17. The fourth-order valence-electron chi connectivity index (χ4n) is 6.03. The third kappa shape index (κ3) is 5.07. The van der Waals surface area contributed by atoms with E-state index in [4.69, 9.17) is 9.84 Å². The van der Waals surface area contributed by atoms with Crippen LogP contribution < -0.4 is 10.1 Å². The van der Waals surface area contributed by atoms with Crippen LogP contribution in [0.4, 0.5) is 5.82 Å². The fraction of sp³-hybridized carbons (Fsp3) is 0.394. The van der Waals surface area contributed by atoms with Crippen LogP contribution >= 0.6 is 0 Å². The second-order valence-electron chi connectivity index (χ2n) is 12.3. The Morgan fingerprint density at radius 2 is 1.80 bits per heavy atom. The van der Waals surface area contributed by atoms with E-state index in [1.165, 1.54) is 0 Å². The number of aryl methyl sites for hydroxylation is 1. The molecule has 41 heavy (non-hydrogen) atoms. The summed E-state index contributed by atoms with van der Waals surface area (Å²) in [7, 11) is 1.65. The zero-order chi connectivity index (χ0) is 28.8. The molecule has 0 bridgehead atoms. The Morgan fingerprint density at radius 1 is 1.05 bits per heavy atom. The number of methoxy groups -OCH3 is 1. The number of fused-ring (bicyclic) bond motifs is 2. The van der Waals surface area contributed by atoms with Gasteiger partial charge >= 0.3 is 0 Å². The molecule has 0 saturated carbocycles. The lowest BCUT2D eigenvalue weighted by molar-refractivity contribution is 0.0453. The van der Waals surface area contributed by atoms with Crippen molar-refractivity contribution < 1.29 is 14.3 Å². The van der Waals surface area contributed by atoms with Gasteiger partial charge in [-0.3, -0.25) is 14.3 Å². The number of carbonyl (C=O) groups excluding carboxylic acids is 2. The van der Waals surface area contributed by atoms with Crippen molar-refractivity contribution in [3.8, 4) is 5.75 Å². The largest absolute Gasteiger partial charge is 0.497 e. The number of likely N-dealkylation sites (tertiary alicyclic amines) is 1. The Kier molecular flexibility index (Phi) is 6.80. The monoisotopic (exact) mass is 551 g/mol. The van der Waals surface area contributed by atoms with Gasteiger partial charge in [-0.2, -0.15) is 5.10 Å². The number of nitrogens with one attached hydrogen (secondary N) is 1. The van der Waals surface area contributed by atoms with Crippen LogP contribution in [0, 0.1) is 5.41 Å². The summed E-state index contributed by atoms with van der Waals surface area (Å²) in [6.45, 7) is 8.02. The van der Waals surface area contributed by atoms with Crippen LogP contribution in [0.3, 0.4) is 0 Å². The number of ketones is 1. The van der Waals surface area contributed by atoms with E-state index in [1.54, 1.807) is 13.3 Å². The van der Waals surface area contributed by atoms with Gasteiger partial charge in [0.1, 0.15) is 17.3 Å². The van der Waals surface area contributed by atoms with Crippen molar-refractivity contribution in [2.24, 2.45) is 5.41 Å². The fourth-order valence-corrected chi connectivity index (χ4v) is 6.03. The molecule has 8 heteroatoms. The summed E-state index contributed by atoms with van der Waals surface area (Å²) in [5, 5.41) is 10.1. The lowest BCUT2D eigenvalue weighted by Gasteiger charge is -2.42. The molecule has 1 N–H and O–H groups in total. The number of hydrogen-bond donors (Lipinski definition) is 1. The minimum Gasteiger partial charge on any atom is -0.497 e. The third-order valence-corrected chi connectivity index (χ3v) is 8.69. The Balaban J connectivity index is 1.16. The molecular weight excluding hydrogens is 514 g/mol. The minimum absolute atomic E-state index is 0.00679. The maximum Gasteiger partial charge on any atom is 0.253 e. The van der Waals surface area contributed by atoms with Gasteiger partial charge in [-0.05, 0) is 87.7 Å². The van der Waals surface area contributed by atoms with Gasteiger partial charge in [-0.15, -0.1) is 0 Å². The van der Waals surface area contributed by atoms with Gasteiger partial charge in [0.2, 0.25) is 0 Å². The molecule has 6 rings (SSSR count). The molecule has 0 radical (unpaired) electrons. The number of nitrogens with zero attached hydrogens (tertiary/aromatic N) is 4. The van der Waals surface area contributed by atoms with Crippen LogP contribution in [0.1, 0.15) is 72.0 Å². The molecule has 1 fully saturated rings. The molecule has 2 aliphatic rings. The van der Waals surface area contributed by atoms with E-state index >= 15 is 0 Å². The number of piperidine rings is 1. The first-order valence-corrected chi connectivity index (χ1v) is 14.4. The van der Waals surface area contributed by atoms with Gasteiger partial charge in [-0.1, -0.05) is 18.2 Å². The van der Waals surface area contributed by atoms with Crippen molar-refractivity contribution in [2.45, 2.75) is 58.5 Å². The summed E-state index contributed by atoms with van der Waals surface area (Å²) in [5.74, 6) is 1.70. The minimum atomic E-state index is -0.424. The number of ether oxygens (including phenoxy) is 1. The van der Waals surface area contributed by atoms with Crippen molar-refractivity contribution in [3.63, 3.8) is 0 Å². The number of amides is 1. The SMILES string of the molecule is COc1ccc(CNc2nccc3ccc(C(=O)N4CCC5(CCc6cn(C(C)(C)C)nc6C5=O)CC4)cc23)cc1. The predicted molar refractivity (Wildman–Crippen MR) is 160 cm³/mol. The second-order valence-corrected chi connectivity index (χ2v) is 12.3. The zero-order valence-corrected chi connectivity index (χ0v) is 24.2. The number of anilines is 1. The van der Waals surface area contributed by atoms with Crippen molar-refractivity contribution in [1.29, 1.82) is 0 Å². The highest BCUT2D eigenvalue weighted by atomic mass is 16.5. The molecule has 8 nitrogen and oxygen atoms in total. The Bertz CT molecular complexity index is 1610. The van der Waals surface area contributed by atoms with E-state index < -0.39 is 5.41 Å². The van der Waals surface area contributed by atoms with Gasteiger partial charge in [0.25, 0.3) is 5.91 Å². The van der Waals surface area contributed by atoms with E-state index in [-0.39, 0.29) is 17.2 Å². The van der Waals surface area contributed by atoms with Gasteiger partial charge in [0.15, 0.2) is 5.78 Å². The van der Waals surface area contributed by atoms with Crippen LogP contribution in [-0.2, 0) is 18.5 Å². The highest BCUT2D eigenvalue weighted by Gasteiger charge is 2.46. The average molecular weight is 552 g/mol. The molecule has 1 amide bonds. The molecule has 1 aliphatic heterocycles. The standard InChI is InChI=1S/C33H37N5O3/c1-32(2,3)38-21-25-11-13-33(29(39)28(25)36-38)14-17-37(18-15-33)31(40)24-8-7-23-12-16-34-30(27(23)19-24)35-20-22-5-9-26(41-4)10-6-22/h5-10,12,16,19,21H,11,13-15,17-18,20H2,1-4H3,(H,34,35). The third-order valence-electron chi connectivity index (χ3n) is 8.69. The highest BCUT2D eigenvalue weighted by Crippen LogP contribution is 2.43. The number of Topliss-reactive ketones (excluding diaryl/α,β-unsaturated/α-hetero) is 1. The molecular formula is C33H37N5O3. The number of benzene rings is 2. The molecule has 1 saturated heterocycles. The number of rotatable bonds is 5. The van der Waals surface area contributed by atoms with Crippen LogP contribution in [0.5, 0.6) is 5.75 Å². The van der Waals surface area contributed by atoms with Crippen LogP contribution in [0.25, 0.3) is 10.8 Å². The number of aromatic nitrogens is 3. The topological polar surface area (TPSA) is 89.3 Å². The molecule has 2 aromatic heterocycles. The van der Waals surface area contributed by atoms with E-state index in [2.05, 4.69) is 31.1 Å². The summed E-state index contributed by atoms with van der Waals surface area (Å²) in [5.41, 5.74) is 2.83. The molecule has 212 valence electrons. The quantitative estimate of drug-likeness (QED) is 0.334. The lowest BCUT2D eigenvalue weighted by Crippen LogP contribution is -2.48. The summed E-state index contributed by atoms with van der Waals surface area (Å²) in [6, 6.07) is 15.7. The Hall–Kier alpha value is -4.20. The first-order chi connectivity index (χ1) is 19.7. The summed E-state index contributed by atoms with van der Waals surface area (Å²) in [6.07, 6.45) is 6.83. The maximum absolute atomic E-state index is 13.7. The van der Waals surface area contributed by atoms with Crippen molar-refractivity contribution in [2.75, 3.05) is 25.5 Å². The van der Waals surface area contributed by atoms with Crippen molar-refractivity contribution in [3.05, 3.63) is 83.3 Å². The molecule has 2 aromatic carbocycles. The van der Waals surface area contributed by atoms with Crippen LogP contribution in [-0.4, -0.2) is 51.6 Å². The molecule has 4 aromatic rings.